The molecule has 1 fully saturated rings. The number of H-pyrrole nitrogens is 1. The number of aromatic amines is 1. The van der Waals surface area contributed by atoms with Crippen LogP contribution in [0.3, 0.4) is 0 Å². The fourth-order valence-corrected chi connectivity index (χ4v) is 5.33. The molecule has 0 radical (unpaired) electrons. The minimum absolute atomic E-state index is 0.0902. The molecule has 8 heteroatoms. The van der Waals surface area contributed by atoms with Crippen LogP contribution in [-0.2, 0) is 5.54 Å². The van der Waals surface area contributed by atoms with Gasteiger partial charge in [0.25, 0.3) is 5.56 Å². The molecule has 1 aliphatic heterocycles. The van der Waals surface area contributed by atoms with Gasteiger partial charge in [0.2, 0.25) is 0 Å². The minimum Gasteiger partial charge on any atom is -0.369 e. The summed E-state index contributed by atoms with van der Waals surface area (Å²) in [6.07, 6.45) is 0.867. The van der Waals surface area contributed by atoms with E-state index in [-0.39, 0.29) is 17.1 Å². The summed E-state index contributed by atoms with van der Waals surface area (Å²) in [6, 6.07) is 14.4. The van der Waals surface area contributed by atoms with Crippen LogP contribution < -0.4 is 10.5 Å². The van der Waals surface area contributed by atoms with Crippen molar-refractivity contribution in [1.82, 2.24) is 30.1 Å². The first-order chi connectivity index (χ1) is 17.7. The number of hydrogen-bond donors (Lipinski definition) is 1. The summed E-state index contributed by atoms with van der Waals surface area (Å²) in [5.74, 6) is 0.713. The molecule has 1 aliphatic rings. The lowest BCUT2D eigenvalue weighted by atomic mass is 9.98. The van der Waals surface area contributed by atoms with Gasteiger partial charge in [-0.1, -0.05) is 37.3 Å². The summed E-state index contributed by atoms with van der Waals surface area (Å²) < 4.78 is 1.91. The lowest BCUT2D eigenvalue weighted by Gasteiger charge is -2.40. The van der Waals surface area contributed by atoms with E-state index in [0.717, 1.165) is 49.1 Å². The number of para-hydroxylation sites is 1. The monoisotopic (exact) mass is 499 g/mol. The Bertz CT molecular complexity index is 1480. The van der Waals surface area contributed by atoms with E-state index in [1.165, 1.54) is 16.8 Å². The Morgan fingerprint density at radius 3 is 2.49 bits per heavy atom. The van der Waals surface area contributed by atoms with E-state index in [4.69, 9.17) is 0 Å². The van der Waals surface area contributed by atoms with Gasteiger partial charge >= 0.3 is 0 Å². The largest absolute Gasteiger partial charge is 0.369 e. The highest BCUT2D eigenvalue weighted by Crippen LogP contribution is 2.32. The number of fused-ring (bicyclic) bond motifs is 1. The Morgan fingerprint density at radius 1 is 1.00 bits per heavy atom. The maximum absolute atomic E-state index is 13.6. The van der Waals surface area contributed by atoms with E-state index in [1.54, 1.807) is 0 Å². The molecule has 1 N–H and O–H groups in total. The quantitative estimate of drug-likeness (QED) is 0.421. The van der Waals surface area contributed by atoms with Crippen molar-refractivity contribution in [2.24, 2.45) is 0 Å². The molecule has 37 heavy (non-hydrogen) atoms. The molecule has 2 aromatic carbocycles. The third kappa shape index (κ3) is 4.66. The van der Waals surface area contributed by atoms with Crippen molar-refractivity contribution < 1.29 is 0 Å². The van der Waals surface area contributed by atoms with Crippen LogP contribution in [0.15, 0.2) is 47.3 Å². The van der Waals surface area contributed by atoms with E-state index in [2.05, 4.69) is 89.2 Å². The molecule has 5 rings (SSSR count). The lowest BCUT2D eigenvalue weighted by Crippen LogP contribution is -2.49. The zero-order valence-corrected chi connectivity index (χ0v) is 22.7. The number of rotatable bonds is 6. The van der Waals surface area contributed by atoms with E-state index < -0.39 is 0 Å². The van der Waals surface area contributed by atoms with Crippen LogP contribution in [0, 0.1) is 20.8 Å². The van der Waals surface area contributed by atoms with Crippen molar-refractivity contribution in [3.63, 3.8) is 0 Å². The second-order valence-electron chi connectivity index (χ2n) is 10.9. The van der Waals surface area contributed by atoms with Crippen molar-refractivity contribution in [1.29, 1.82) is 0 Å². The van der Waals surface area contributed by atoms with Crippen molar-refractivity contribution in [3.8, 4) is 0 Å². The second kappa shape index (κ2) is 9.74. The first kappa shape index (κ1) is 25.1. The van der Waals surface area contributed by atoms with Gasteiger partial charge in [0.05, 0.1) is 11.1 Å². The predicted molar refractivity (Wildman–Crippen MR) is 148 cm³/mol. The number of nitrogens with one attached hydrogen (secondary N) is 1. The fourth-order valence-electron chi connectivity index (χ4n) is 5.33. The number of pyridine rings is 1. The van der Waals surface area contributed by atoms with Gasteiger partial charge in [-0.15, -0.1) is 5.10 Å². The smallest absolute Gasteiger partial charge is 0.253 e. The van der Waals surface area contributed by atoms with Crippen LogP contribution in [0.1, 0.15) is 61.3 Å². The summed E-state index contributed by atoms with van der Waals surface area (Å²) >= 11 is 0. The van der Waals surface area contributed by atoms with Crippen LogP contribution in [0.2, 0.25) is 0 Å². The van der Waals surface area contributed by atoms with Gasteiger partial charge in [-0.05, 0) is 85.7 Å². The number of benzene rings is 2. The summed E-state index contributed by atoms with van der Waals surface area (Å²) in [7, 11) is 0. The second-order valence-corrected chi connectivity index (χ2v) is 10.9. The molecule has 0 spiro atoms. The molecular formula is C29H37N7O. The van der Waals surface area contributed by atoms with Gasteiger partial charge < -0.3 is 9.88 Å². The maximum atomic E-state index is 13.6. The van der Waals surface area contributed by atoms with Crippen molar-refractivity contribution in [3.05, 3.63) is 80.9 Å². The number of aromatic nitrogens is 5. The molecule has 1 atom stereocenters. The van der Waals surface area contributed by atoms with Gasteiger partial charge in [-0.3, -0.25) is 9.69 Å². The molecule has 8 nitrogen and oxygen atoms in total. The SMILES string of the molecule is CCC(C)(C)n1nnnc1[C@H](c1cc2cccc(C)c2[nH]c1=O)N1CCN(c2cc(C)ccc2C)CC1. The molecule has 0 saturated carbocycles. The molecule has 4 aromatic rings. The highest BCUT2D eigenvalue weighted by molar-refractivity contribution is 5.82. The highest BCUT2D eigenvalue weighted by Gasteiger charge is 2.36. The van der Waals surface area contributed by atoms with Crippen LogP contribution in [-0.4, -0.2) is 56.3 Å². The zero-order chi connectivity index (χ0) is 26.3. The van der Waals surface area contributed by atoms with Gasteiger partial charge in [-0.2, -0.15) is 0 Å². The zero-order valence-electron chi connectivity index (χ0n) is 22.7. The number of piperazine rings is 1. The normalized spacial score (nSPS) is 15.9. The molecule has 0 amide bonds. The number of aryl methyl sites for hydroxylation is 3. The molecule has 0 aliphatic carbocycles. The summed E-state index contributed by atoms with van der Waals surface area (Å²) in [5.41, 5.74) is 6.07. The third-order valence-electron chi connectivity index (χ3n) is 7.97. The average Bonchev–Trinajstić information content (AvgIpc) is 3.38. The maximum Gasteiger partial charge on any atom is 0.253 e. The number of nitrogens with zero attached hydrogens (tertiary/aromatic N) is 6. The predicted octanol–water partition coefficient (Wildman–Crippen LogP) is 4.50. The van der Waals surface area contributed by atoms with Crippen LogP contribution in [0.25, 0.3) is 10.9 Å². The molecular weight excluding hydrogens is 462 g/mol. The third-order valence-corrected chi connectivity index (χ3v) is 7.97. The molecule has 2 aromatic heterocycles. The van der Waals surface area contributed by atoms with E-state index in [1.807, 2.05) is 29.8 Å². The Kier molecular flexibility index (Phi) is 6.62. The molecule has 3 heterocycles. The van der Waals surface area contributed by atoms with Gasteiger partial charge in [0.1, 0.15) is 6.04 Å². The number of tetrazole rings is 1. The highest BCUT2D eigenvalue weighted by atomic mass is 16.1. The van der Waals surface area contributed by atoms with Crippen molar-refractivity contribution in [2.45, 2.75) is 59.5 Å². The summed E-state index contributed by atoms with van der Waals surface area (Å²) in [5, 5.41) is 14.0. The topological polar surface area (TPSA) is 82.9 Å². The van der Waals surface area contributed by atoms with Crippen molar-refractivity contribution in [2.75, 3.05) is 31.1 Å². The minimum atomic E-state index is -0.352. The van der Waals surface area contributed by atoms with Crippen LogP contribution >= 0.6 is 0 Å². The van der Waals surface area contributed by atoms with Gasteiger partial charge in [0, 0.05) is 37.4 Å². The van der Waals surface area contributed by atoms with Crippen LogP contribution in [0.4, 0.5) is 5.69 Å². The number of anilines is 1. The van der Waals surface area contributed by atoms with Gasteiger partial charge in [-0.25, -0.2) is 4.68 Å². The first-order valence-corrected chi connectivity index (χ1v) is 13.2. The Morgan fingerprint density at radius 2 is 1.76 bits per heavy atom. The molecule has 0 bridgehead atoms. The fraction of sp³-hybridized carbons (Fsp3) is 0.448. The Hall–Kier alpha value is -3.52. The summed E-state index contributed by atoms with van der Waals surface area (Å²) in [4.78, 5) is 21.6. The molecule has 0 unspecified atom stereocenters. The molecule has 1 saturated heterocycles. The van der Waals surface area contributed by atoms with Crippen molar-refractivity contribution >= 4 is 16.6 Å². The Labute approximate surface area is 218 Å². The average molecular weight is 500 g/mol. The first-order valence-electron chi connectivity index (χ1n) is 13.2. The van der Waals surface area contributed by atoms with Gasteiger partial charge in [0.15, 0.2) is 5.82 Å². The number of hydrogen-bond acceptors (Lipinski definition) is 6. The van der Waals surface area contributed by atoms with E-state index >= 15 is 0 Å². The van der Waals surface area contributed by atoms with E-state index in [9.17, 15) is 4.79 Å². The molecule has 194 valence electrons. The van der Waals surface area contributed by atoms with Crippen LogP contribution in [0.5, 0.6) is 0 Å². The summed E-state index contributed by atoms with van der Waals surface area (Å²) in [6.45, 7) is 16.0. The van der Waals surface area contributed by atoms with E-state index in [0.29, 0.717) is 11.4 Å². The lowest BCUT2D eigenvalue weighted by molar-refractivity contribution is 0.186. The standard InChI is InChI=1S/C29H37N7O/c1-7-29(5,6)36-27(31-32-33-36)26(23-18-22-10-8-9-21(4)25(22)30-28(23)37)35-15-13-34(14-16-35)24-17-19(2)11-12-20(24)3/h8-12,17-18,26H,7,13-16H2,1-6H3,(H,30,37)/t26-/m0/s1. The Balaban J connectivity index is 1.57.